The summed E-state index contributed by atoms with van der Waals surface area (Å²) in [5.41, 5.74) is 12.1. The first-order valence-electron chi connectivity index (χ1n) is 6.58. The fourth-order valence-corrected chi connectivity index (χ4v) is 1.87. The maximum Gasteiger partial charge on any atom is 0.320 e. The van der Waals surface area contributed by atoms with E-state index in [1.807, 2.05) is 26.8 Å². The van der Waals surface area contributed by atoms with Gasteiger partial charge in [-0.25, -0.2) is 0 Å². The van der Waals surface area contributed by atoms with Crippen LogP contribution < -0.4 is 11.5 Å². The van der Waals surface area contributed by atoms with E-state index in [0.717, 1.165) is 5.56 Å². The molecule has 0 fully saturated rings. The molecule has 1 amide bonds. The molecule has 6 heteroatoms. The van der Waals surface area contributed by atoms with Gasteiger partial charge in [-0.2, -0.15) is 4.99 Å². The Bertz CT molecular complexity index is 574. The van der Waals surface area contributed by atoms with Gasteiger partial charge in [-0.1, -0.05) is 39.0 Å². The highest BCUT2D eigenvalue weighted by Gasteiger charge is 2.20. The predicted octanol–water partition coefficient (Wildman–Crippen LogP) is 1.38. The summed E-state index contributed by atoms with van der Waals surface area (Å²) < 4.78 is 0. The van der Waals surface area contributed by atoms with Crippen LogP contribution in [0.25, 0.3) is 0 Å². The van der Waals surface area contributed by atoms with Crippen molar-refractivity contribution in [1.82, 2.24) is 0 Å². The van der Waals surface area contributed by atoms with E-state index in [0.29, 0.717) is 17.8 Å². The van der Waals surface area contributed by atoms with E-state index in [1.54, 1.807) is 18.2 Å². The normalized spacial score (nSPS) is 14.7. The monoisotopic (exact) mass is 291 g/mol. The van der Waals surface area contributed by atoms with Crippen LogP contribution in [-0.4, -0.2) is 28.9 Å². The summed E-state index contributed by atoms with van der Waals surface area (Å²) in [7, 11) is 0. The van der Waals surface area contributed by atoms with E-state index in [1.165, 1.54) is 0 Å². The molecule has 6 nitrogen and oxygen atoms in total. The van der Waals surface area contributed by atoms with Gasteiger partial charge in [0.25, 0.3) is 5.91 Å². The summed E-state index contributed by atoms with van der Waals surface area (Å²) in [6.45, 7) is 5.90. The SMILES string of the molecule is CC(C)(C)CC(N)C(=O)O.NC1=NC(=O)c2ccccc21. The average molecular weight is 291 g/mol. The van der Waals surface area contributed by atoms with Crippen molar-refractivity contribution in [2.45, 2.75) is 33.2 Å². The van der Waals surface area contributed by atoms with Crippen LogP contribution in [-0.2, 0) is 4.79 Å². The first-order chi connectivity index (χ1) is 9.61. The van der Waals surface area contributed by atoms with Crippen LogP contribution in [0.5, 0.6) is 0 Å². The minimum Gasteiger partial charge on any atom is -0.480 e. The molecule has 1 aromatic carbocycles. The third kappa shape index (κ3) is 5.00. The van der Waals surface area contributed by atoms with E-state index >= 15 is 0 Å². The van der Waals surface area contributed by atoms with E-state index in [4.69, 9.17) is 16.6 Å². The molecule has 0 saturated carbocycles. The summed E-state index contributed by atoms with van der Waals surface area (Å²) in [5.74, 6) is -0.835. The molecule has 0 bridgehead atoms. The number of rotatable bonds is 2. The second kappa shape index (κ2) is 6.49. The molecule has 21 heavy (non-hydrogen) atoms. The lowest BCUT2D eigenvalue weighted by molar-refractivity contribution is -0.139. The number of hydrogen-bond donors (Lipinski definition) is 3. The average Bonchev–Trinajstić information content (AvgIpc) is 2.64. The molecule has 0 radical (unpaired) electrons. The molecule has 1 aliphatic rings. The fourth-order valence-electron chi connectivity index (χ4n) is 1.87. The standard InChI is InChI=1S/C8H6N2O.C7H15NO2/c9-7-5-3-1-2-4-6(5)8(11)10-7;1-7(2,3)4-5(8)6(9)10/h1-4H,(H2,9,10,11);5H,4,8H2,1-3H3,(H,9,10). The van der Waals surface area contributed by atoms with Gasteiger partial charge < -0.3 is 16.6 Å². The Morgan fingerprint density at radius 1 is 1.29 bits per heavy atom. The van der Waals surface area contributed by atoms with Crippen LogP contribution in [0.15, 0.2) is 29.3 Å². The van der Waals surface area contributed by atoms with Crippen molar-refractivity contribution in [3.8, 4) is 0 Å². The molecule has 1 unspecified atom stereocenters. The predicted molar refractivity (Wildman–Crippen MR) is 81.2 cm³/mol. The molecule has 0 spiro atoms. The Balaban J connectivity index is 0.000000212. The van der Waals surface area contributed by atoms with E-state index in [2.05, 4.69) is 4.99 Å². The fraction of sp³-hybridized carbons (Fsp3) is 0.400. The van der Waals surface area contributed by atoms with Gasteiger partial charge in [0.05, 0.1) is 5.56 Å². The maximum atomic E-state index is 11.0. The molecule has 0 aliphatic carbocycles. The van der Waals surface area contributed by atoms with Gasteiger partial charge in [-0.15, -0.1) is 0 Å². The highest BCUT2D eigenvalue weighted by molar-refractivity contribution is 6.19. The number of carbonyl (C=O) groups excluding carboxylic acids is 1. The van der Waals surface area contributed by atoms with E-state index < -0.39 is 12.0 Å². The van der Waals surface area contributed by atoms with Gasteiger partial charge >= 0.3 is 5.97 Å². The Kier molecular flexibility index (Phi) is 5.21. The number of aliphatic carboxylic acids is 1. The molecular formula is C15H21N3O3. The zero-order chi connectivity index (χ0) is 16.2. The van der Waals surface area contributed by atoms with Gasteiger partial charge in [0.1, 0.15) is 11.9 Å². The number of amides is 1. The lowest BCUT2D eigenvalue weighted by Gasteiger charge is -2.20. The zero-order valence-corrected chi connectivity index (χ0v) is 12.5. The molecular weight excluding hydrogens is 270 g/mol. The zero-order valence-electron chi connectivity index (χ0n) is 12.5. The van der Waals surface area contributed by atoms with E-state index in [9.17, 15) is 9.59 Å². The highest BCUT2D eigenvalue weighted by Crippen LogP contribution is 2.19. The number of nitrogens with two attached hydrogens (primary N) is 2. The van der Waals surface area contributed by atoms with Gasteiger partial charge in [-0.05, 0) is 17.9 Å². The third-order valence-electron chi connectivity index (χ3n) is 2.80. The number of benzene rings is 1. The quantitative estimate of drug-likeness (QED) is 0.760. The number of carbonyl (C=O) groups is 2. The number of nitrogens with zero attached hydrogens (tertiary/aromatic N) is 1. The first-order valence-corrected chi connectivity index (χ1v) is 6.58. The second-order valence-electron chi connectivity index (χ2n) is 6.06. The minimum absolute atomic E-state index is 0.00218. The Labute approximate surface area is 123 Å². The number of carboxylic acid groups (broad SMARTS) is 1. The summed E-state index contributed by atoms with van der Waals surface area (Å²) in [4.78, 5) is 24.9. The lowest BCUT2D eigenvalue weighted by Crippen LogP contribution is -2.34. The molecule has 1 heterocycles. The van der Waals surface area contributed by atoms with Crippen molar-refractivity contribution in [1.29, 1.82) is 0 Å². The molecule has 2 rings (SSSR count). The van der Waals surface area contributed by atoms with Crippen molar-refractivity contribution in [3.05, 3.63) is 35.4 Å². The first kappa shape index (κ1) is 16.8. The van der Waals surface area contributed by atoms with Gasteiger partial charge in [0.15, 0.2) is 0 Å². The van der Waals surface area contributed by atoms with Crippen LogP contribution in [0.4, 0.5) is 0 Å². The molecule has 0 aromatic heterocycles. The summed E-state index contributed by atoms with van der Waals surface area (Å²) in [6, 6.07) is 6.42. The second-order valence-corrected chi connectivity index (χ2v) is 6.06. The van der Waals surface area contributed by atoms with Crippen LogP contribution in [0.2, 0.25) is 0 Å². The van der Waals surface area contributed by atoms with Crippen LogP contribution in [0.1, 0.15) is 43.1 Å². The Morgan fingerprint density at radius 3 is 2.19 bits per heavy atom. The van der Waals surface area contributed by atoms with Crippen LogP contribution >= 0.6 is 0 Å². The highest BCUT2D eigenvalue weighted by atomic mass is 16.4. The van der Waals surface area contributed by atoms with Gasteiger partial charge in [0, 0.05) is 5.56 Å². The van der Waals surface area contributed by atoms with Crippen LogP contribution in [0, 0.1) is 5.41 Å². The summed E-state index contributed by atoms with van der Waals surface area (Å²) >= 11 is 0. The number of aliphatic imine (C=N–C) groups is 1. The van der Waals surface area contributed by atoms with Crippen LogP contribution in [0.3, 0.4) is 0 Å². The lowest BCUT2D eigenvalue weighted by atomic mass is 9.88. The molecule has 5 N–H and O–H groups in total. The Hall–Kier alpha value is -2.21. The largest absolute Gasteiger partial charge is 0.480 e. The number of amidine groups is 1. The molecule has 0 saturated heterocycles. The molecule has 1 atom stereocenters. The maximum absolute atomic E-state index is 11.0. The summed E-state index contributed by atoms with van der Waals surface area (Å²) in [6.07, 6.45) is 0.516. The molecule has 1 aliphatic heterocycles. The number of fused-ring (bicyclic) bond motifs is 1. The summed E-state index contributed by atoms with van der Waals surface area (Å²) in [5, 5.41) is 8.42. The number of carboxylic acids is 1. The van der Waals surface area contributed by atoms with Crippen molar-refractivity contribution in [2.24, 2.45) is 21.9 Å². The van der Waals surface area contributed by atoms with Gasteiger partial charge in [-0.3, -0.25) is 9.59 Å². The van der Waals surface area contributed by atoms with Crippen molar-refractivity contribution in [3.63, 3.8) is 0 Å². The van der Waals surface area contributed by atoms with Gasteiger partial charge in [0.2, 0.25) is 0 Å². The molecule has 1 aromatic rings. The van der Waals surface area contributed by atoms with Crippen molar-refractivity contribution < 1.29 is 14.7 Å². The van der Waals surface area contributed by atoms with E-state index in [-0.39, 0.29) is 11.3 Å². The smallest absolute Gasteiger partial charge is 0.320 e. The van der Waals surface area contributed by atoms with Crippen molar-refractivity contribution in [2.75, 3.05) is 0 Å². The third-order valence-corrected chi connectivity index (χ3v) is 2.80. The molecule has 114 valence electrons. The van der Waals surface area contributed by atoms with Crippen molar-refractivity contribution >= 4 is 17.7 Å². The topological polar surface area (TPSA) is 119 Å². The number of hydrogen-bond acceptors (Lipinski definition) is 4. The Morgan fingerprint density at radius 2 is 1.81 bits per heavy atom. The minimum atomic E-state index is -0.921.